The molecule has 0 N–H and O–H groups in total. The molecule has 4 heterocycles. The maximum Gasteiger partial charge on any atom is 0.0813 e. The van der Waals surface area contributed by atoms with E-state index < -0.39 is 0 Å². The third-order valence-corrected chi connectivity index (χ3v) is 5.88. The number of hydrogen-bond acceptors (Lipinski definition) is 5. The number of nitrogens with zero attached hydrogens (tertiary/aromatic N) is 2. The molecule has 25 heavy (non-hydrogen) atoms. The highest BCUT2D eigenvalue weighted by atomic mass is 16.5. The lowest BCUT2D eigenvalue weighted by atomic mass is 9.96. The molecule has 3 fully saturated rings. The van der Waals surface area contributed by atoms with E-state index in [0.29, 0.717) is 25.4 Å². The van der Waals surface area contributed by atoms with Gasteiger partial charge in [-0.3, -0.25) is 9.88 Å². The second-order valence-corrected chi connectivity index (χ2v) is 7.66. The van der Waals surface area contributed by atoms with E-state index in [1.54, 1.807) is 6.20 Å². The average molecular weight is 346 g/mol. The van der Waals surface area contributed by atoms with Gasteiger partial charge in [0.05, 0.1) is 25.4 Å². The summed E-state index contributed by atoms with van der Waals surface area (Å²) in [6, 6.07) is 4.62. The molecule has 3 atom stereocenters. The molecule has 0 amide bonds. The molecule has 0 aliphatic carbocycles. The summed E-state index contributed by atoms with van der Waals surface area (Å²) < 4.78 is 17.7. The van der Waals surface area contributed by atoms with Gasteiger partial charge < -0.3 is 14.2 Å². The quantitative estimate of drug-likeness (QED) is 0.792. The van der Waals surface area contributed by atoms with Crippen LogP contribution in [0, 0.1) is 5.92 Å². The Kier molecular flexibility index (Phi) is 5.98. The Labute approximate surface area is 150 Å². The maximum absolute atomic E-state index is 6.36. The number of pyridine rings is 1. The predicted molar refractivity (Wildman–Crippen MR) is 95.3 cm³/mol. The Bertz CT molecular complexity index is 521. The van der Waals surface area contributed by atoms with Gasteiger partial charge in [-0.05, 0) is 49.7 Å². The van der Waals surface area contributed by atoms with Gasteiger partial charge in [-0.1, -0.05) is 6.07 Å². The van der Waals surface area contributed by atoms with Crippen molar-refractivity contribution in [1.82, 2.24) is 9.88 Å². The molecule has 5 nitrogen and oxygen atoms in total. The van der Waals surface area contributed by atoms with Gasteiger partial charge >= 0.3 is 0 Å². The Hall–Kier alpha value is -1.01. The number of likely N-dealkylation sites (tertiary alicyclic amines) is 1. The molecule has 0 unspecified atom stereocenters. The molecule has 0 radical (unpaired) electrons. The molecule has 5 heteroatoms. The fraction of sp³-hybridized carbons (Fsp3) is 0.750. The Morgan fingerprint density at radius 3 is 2.92 bits per heavy atom. The van der Waals surface area contributed by atoms with Crippen molar-refractivity contribution in [2.45, 2.75) is 57.0 Å². The molecular formula is C20H30N2O3. The summed E-state index contributed by atoms with van der Waals surface area (Å²) in [5.41, 5.74) is 1.12. The molecule has 138 valence electrons. The summed E-state index contributed by atoms with van der Waals surface area (Å²) in [5, 5.41) is 0. The summed E-state index contributed by atoms with van der Waals surface area (Å²) >= 11 is 0. The molecule has 3 saturated heterocycles. The van der Waals surface area contributed by atoms with Gasteiger partial charge in [0.15, 0.2) is 0 Å². The molecular weight excluding hydrogens is 316 g/mol. The molecule has 3 aliphatic rings. The van der Waals surface area contributed by atoms with Crippen LogP contribution in [-0.2, 0) is 20.8 Å². The zero-order valence-corrected chi connectivity index (χ0v) is 15.0. The normalized spacial score (nSPS) is 31.1. The second-order valence-electron chi connectivity index (χ2n) is 7.66. The predicted octanol–water partition coefficient (Wildman–Crippen LogP) is 2.65. The van der Waals surface area contributed by atoms with Crippen LogP contribution in [0.15, 0.2) is 24.5 Å². The van der Waals surface area contributed by atoms with E-state index >= 15 is 0 Å². The summed E-state index contributed by atoms with van der Waals surface area (Å²) in [4.78, 5) is 6.81. The molecule has 1 aromatic rings. The number of rotatable bonds is 6. The maximum atomic E-state index is 6.36. The van der Waals surface area contributed by atoms with Gasteiger partial charge in [0.25, 0.3) is 0 Å². The number of fused-ring (bicyclic) bond motifs is 1. The number of aromatic nitrogens is 1. The van der Waals surface area contributed by atoms with E-state index in [-0.39, 0.29) is 6.10 Å². The van der Waals surface area contributed by atoms with Crippen molar-refractivity contribution in [2.24, 2.45) is 5.92 Å². The molecule has 0 saturated carbocycles. The van der Waals surface area contributed by atoms with Crippen molar-refractivity contribution >= 4 is 0 Å². The van der Waals surface area contributed by atoms with Crippen LogP contribution in [0.25, 0.3) is 0 Å². The monoisotopic (exact) mass is 346 g/mol. The van der Waals surface area contributed by atoms with Crippen molar-refractivity contribution in [3.05, 3.63) is 30.1 Å². The van der Waals surface area contributed by atoms with Crippen molar-refractivity contribution in [2.75, 3.05) is 32.9 Å². The van der Waals surface area contributed by atoms with E-state index in [4.69, 9.17) is 14.2 Å². The summed E-state index contributed by atoms with van der Waals surface area (Å²) in [5.74, 6) is 0.813. The third-order valence-electron chi connectivity index (χ3n) is 5.88. The summed E-state index contributed by atoms with van der Waals surface area (Å²) in [6.45, 7) is 5.63. The molecule has 1 aromatic heterocycles. The van der Waals surface area contributed by atoms with Crippen LogP contribution < -0.4 is 0 Å². The van der Waals surface area contributed by atoms with E-state index in [9.17, 15) is 0 Å². The summed E-state index contributed by atoms with van der Waals surface area (Å²) in [7, 11) is 0. The molecule has 0 bridgehead atoms. The third kappa shape index (κ3) is 4.59. The number of ether oxygens (including phenoxy) is 3. The fourth-order valence-corrected chi connectivity index (χ4v) is 4.49. The zero-order chi connectivity index (χ0) is 16.9. The van der Waals surface area contributed by atoms with Gasteiger partial charge in [0.1, 0.15) is 0 Å². The minimum absolute atomic E-state index is 0.251. The first kappa shape index (κ1) is 17.4. The highest BCUT2D eigenvalue weighted by Crippen LogP contribution is 2.33. The van der Waals surface area contributed by atoms with Crippen LogP contribution >= 0.6 is 0 Å². The van der Waals surface area contributed by atoms with Gasteiger partial charge in [-0.15, -0.1) is 0 Å². The number of hydrogen-bond donors (Lipinski definition) is 0. The topological polar surface area (TPSA) is 43.8 Å². The van der Waals surface area contributed by atoms with E-state index in [1.165, 1.54) is 38.8 Å². The van der Waals surface area contributed by atoms with Crippen LogP contribution in [-0.4, -0.2) is 61.0 Å². The van der Waals surface area contributed by atoms with Gasteiger partial charge in [-0.25, -0.2) is 0 Å². The van der Waals surface area contributed by atoms with Crippen LogP contribution in [0.4, 0.5) is 0 Å². The van der Waals surface area contributed by atoms with Crippen molar-refractivity contribution in [3.8, 4) is 0 Å². The van der Waals surface area contributed by atoms with Crippen LogP contribution in [0.5, 0.6) is 0 Å². The Morgan fingerprint density at radius 1 is 1.16 bits per heavy atom. The summed E-state index contributed by atoms with van der Waals surface area (Å²) in [6.07, 6.45) is 10.3. The first-order valence-corrected chi connectivity index (χ1v) is 9.82. The SMILES string of the molecule is c1cncc(COC[C@H]2CC[C@H]3[C@H](CCN3CC3CCOCC3)O2)c1. The molecule has 3 aliphatic heterocycles. The smallest absolute Gasteiger partial charge is 0.0813 e. The van der Waals surface area contributed by atoms with Crippen molar-refractivity contribution in [3.63, 3.8) is 0 Å². The lowest BCUT2D eigenvalue weighted by Crippen LogP contribution is -2.45. The largest absolute Gasteiger partial charge is 0.381 e. The lowest BCUT2D eigenvalue weighted by Gasteiger charge is -2.37. The lowest BCUT2D eigenvalue weighted by molar-refractivity contribution is -0.103. The van der Waals surface area contributed by atoms with Gasteiger partial charge in [-0.2, -0.15) is 0 Å². The van der Waals surface area contributed by atoms with Gasteiger partial charge in [0, 0.05) is 44.7 Å². The highest BCUT2D eigenvalue weighted by Gasteiger charge is 2.40. The standard InChI is InChI=1S/C20H30N2O3/c1-2-17(12-21-8-1)14-24-15-18-3-4-19-20(25-18)5-9-22(19)13-16-6-10-23-11-7-16/h1-2,8,12,16,18-20H,3-7,9-11,13-15H2/t18-,19+,20+/m1/s1. The molecule has 0 spiro atoms. The first-order valence-electron chi connectivity index (χ1n) is 9.82. The minimum atomic E-state index is 0.251. The van der Waals surface area contributed by atoms with E-state index in [2.05, 4.69) is 16.0 Å². The van der Waals surface area contributed by atoms with Crippen molar-refractivity contribution < 1.29 is 14.2 Å². The van der Waals surface area contributed by atoms with Crippen LogP contribution in [0.2, 0.25) is 0 Å². The van der Waals surface area contributed by atoms with Gasteiger partial charge in [0.2, 0.25) is 0 Å². The van der Waals surface area contributed by atoms with E-state index in [1.807, 2.05) is 12.3 Å². The highest BCUT2D eigenvalue weighted by molar-refractivity contribution is 5.06. The Balaban J connectivity index is 1.20. The second kappa shape index (κ2) is 8.58. The van der Waals surface area contributed by atoms with Crippen molar-refractivity contribution in [1.29, 1.82) is 0 Å². The first-order chi connectivity index (χ1) is 12.4. The van der Waals surface area contributed by atoms with Crippen LogP contribution in [0.1, 0.15) is 37.7 Å². The van der Waals surface area contributed by atoms with Crippen LogP contribution in [0.3, 0.4) is 0 Å². The minimum Gasteiger partial charge on any atom is -0.381 e. The Morgan fingerprint density at radius 2 is 2.08 bits per heavy atom. The molecule has 0 aromatic carbocycles. The van der Waals surface area contributed by atoms with E-state index in [0.717, 1.165) is 31.1 Å². The molecule has 4 rings (SSSR count). The zero-order valence-electron chi connectivity index (χ0n) is 15.0. The fourth-order valence-electron chi connectivity index (χ4n) is 4.49. The average Bonchev–Trinajstić information content (AvgIpc) is 3.06.